The van der Waals surface area contributed by atoms with Crippen LogP contribution in [0.5, 0.6) is 11.5 Å². The van der Waals surface area contributed by atoms with Crippen LogP contribution in [0.2, 0.25) is 5.02 Å². The van der Waals surface area contributed by atoms with E-state index in [0.29, 0.717) is 37.1 Å². The molecule has 4 rings (SSSR count). The van der Waals surface area contributed by atoms with Crippen LogP contribution in [0, 0.1) is 0 Å². The fourth-order valence-corrected chi connectivity index (χ4v) is 4.30. The van der Waals surface area contributed by atoms with E-state index in [2.05, 4.69) is 17.1 Å². The zero-order chi connectivity index (χ0) is 20.1. The zero-order valence-corrected chi connectivity index (χ0v) is 20.5. The minimum atomic E-state index is 0. The number of nitrogens with one attached hydrogen (secondary N) is 1. The van der Waals surface area contributed by atoms with Crippen LogP contribution >= 0.6 is 35.6 Å². The zero-order valence-electron chi connectivity index (χ0n) is 17.4. The highest BCUT2D eigenvalue weighted by Crippen LogP contribution is 2.38. The molecular formula is C21H31ClIN3O4. The highest BCUT2D eigenvalue weighted by Gasteiger charge is 2.32. The van der Waals surface area contributed by atoms with Gasteiger partial charge in [0.25, 0.3) is 0 Å². The van der Waals surface area contributed by atoms with Gasteiger partial charge in [-0.25, -0.2) is 0 Å². The maximum Gasteiger partial charge on any atom is 0.194 e. The first-order valence-electron chi connectivity index (χ1n) is 10.6. The Balaban J connectivity index is 0.00000256. The molecule has 2 fully saturated rings. The first-order chi connectivity index (χ1) is 14.2. The van der Waals surface area contributed by atoms with Gasteiger partial charge in [-0.15, -0.1) is 24.0 Å². The molecule has 2 saturated heterocycles. The molecule has 9 heteroatoms. The number of rotatable bonds is 5. The topological polar surface area (TPSA) is 64.6 Å². The second-order valence-corrected chi connectivity index (χ2v) is 7.90. The average molecular weight is 552 g/mol. The van der Waals surface area contributed by atoms with Gasteiger partial charge in [0.1, 0.15) is 19.3 Å². The molecule has 1 aromatic rings. The molecular weight excluding hydrogens is 521 g/mol. The Labute approximate surface area is 200 Å². The summed E-state index contributed by atoms with van der Waals surface area (Å²) in [6, 6.07) is 3.95. The predicted octanol–water partition coefficient (Wildman–Crippen LogP) is 3.12. The molecule has 3 aliphatic heterocycles. The molecule has 3 aliphatic rings. The van der Waals surface area contributed by atoms with Crippen LogP contribution in [-0.4, -0.2) is 75.7 Å². The monoisotopic (exact) mass is 551 g/mol. The largest absolute Gasteiger partial charge is 0.486 e. The maximum atomic E-state index is 6.35. The highest BCUT2D eigenvalue weighted by atomic mass is 127. The summed E-state index contributed by atoms with van der Waals surface area (Å²) >= 11 is 6.35. The van der Waals surface area contributed by atoms with E-state index in [1.54, 1.807) is 0 Å². The van der Waals surface area contributed by atoms with E-state index in [0.717, 1.165) is 62.8 Å². The van der Waals surface area contributed by atoms with Gasteiger partial charge >= 0.3 is 0 Å². The molecule has 0 radical (unpaired) electrons. The molecule has 1 aromatic carbocycles. The number of ether oxygens (including phenoxy) is 4. The van der Waals surface area contributed by atoms with Crippen LogP contribution in [0.1, 0.15) is 25.3 Å². The number of hydrogen-bond donors (Lipinski definition) is 1. The molecule has 7 nitrogen and oxygen atoms in total. The van der Waals surface area contributed by atoms with Gasteiger partial charge < -0.3 is 29.2 Å². The van der Waals surface area contributed by atoms with E-state index in [-0.39, 0.29) is 36.2 Å². The van der Waals surface area contributed by atoms with Crippen molar-refractivity contribution < 1.29 is 18.9 Å². The third-order valence-corrected chi connectivity index (χ3v) is 5.71. The number of guanidine groups is 1. The Kier molecular flexibility index (Phi) is 9.15. The number of fused-ring (bicyclic) bond motifs is 1. The van der Waals surface area contributed by atoms with Crippen LogP contribution in [-0.2, 0) is 15.9 Å². The molecule has 0 saturated carbocycles. The van der Waals surface area contributed by atoms with Crippen molar-refractivity contribution in [3.8, 4) is 11.5 Å². The summed E-state index contributed by atoms with van der Waals surface area (Å²) in [6.07, 6.45) is 3.31. The van der Waals surface area contributed by atoms with Crippen molar-refractivity contribution in [1.29, 1.82) is 0 Å². The quantitative estimate of drug-likeness (QED) is 0.345. The molecule has 2 unspecified atom stereocenters. The van der Waals surface area contributed by atoms with Gasteiger partial charge in [0.15, 0.2) is 17.5 Å². The molecule has 0 spiro atoms. The molecule has 3 heterocycles. The minimum Gasteiger partial charge on any atom is -0.486 e. The Morgan fingerprint density at radius 3 is 2.80 bits per heavy atom. The van der Waals surface area contributed by atoms with E-state index in [1.165, 1.54) is 0 Å². The Morgan fingerprint density at radius 1 is 1.17 bits per heavy atom. The lowest BCUT2D eigenvalue weighted by atomic mass is 10.1. The summed E-state index contributed by atoms with van der Waals surface area (Å²) in [5.74, 6) is 2.30. The van der Waals surface area contributed by atoms with Gasteiger partial charge in [-0.1, -0.05) is 11.6 Å². The number of morpholine rings is 1. The average Bonchev–Trinajstić information content (AvgIpc) is 3.28. The molecule has 0 aromatic heterocycles. The van der Waals surface area contributed by atoms with Crippen LogP contribution in [0.3, 0.4) is 0 Å². The van der Waals surface area contributed by atoms with Crippen molar-refractivity contribution in [2.75, 3.05) is 52.6 Å². The van der Waals surface area contributed by atoms with Crippen molar-refractivity contribution in [2.45, 2.75) is 38.4 Å². The molecule has 168 valence electrons. The normalized spacial score (nSPS) is 23.8. The predicted molar refractivity (Wildman–Crippen MR) is 128 cm³/mol. The molecule has 30 heavy (non-hydrogen) atoms. The van der Waals surface area contributed by atoms with Gasteiger partial charge in [-0.05, 0) is 43.9 Å². The number of halogens is 2. The van der Waals surface area contributed by atoms with Crippen LogP contribution in [0.25, 0.3) is 0 Å². The van der Waals surface area contributed by atoms with E-state index in [4.69, 9.17) is 35.5 Å². The Morgan fingerprint density at radius 2 is 2.00 bits per heavy atom. The maximum absolute atomic E-state index is 6.35. The smallest absolute Gasteiger partial charge is 0.194 e. The van der Waals surface area contributed by atoms with E-state index >= 15 is 0 Å². The number of nitrogens with zero attached hydrogens (tertiary/aromatic N) is 2. The highest BCUT2D eigenvalue weighted by molar-refractivity contribution is 14.0. The molecule has 0 aliphatic carbocycles. The molecule has 0 amide bonds. The van der Waals surface area contributed by atoms with E-state index in [9.17, 15) is 0 Å². The summed E-state index contributed by atoms with van der Waals surface area (Å²) in [4.78, 5) is 7.14. The van der Waals surface area contributed by atoms with Crippen molar-refractivity contribution in [2.24, 2.45) is 4.99 Å². The fourth-order valence-electron chi connectivity index (χ4n) is 4.01. The summed E-state index contributed by atoms with van der Waals surface area (Å²) in [6.45, 7) is 7.87. The van der Waals surface area contributed by atoms with Crippen molar-refractivity contribution >= 4 is 41.5 Å². The van der Waals surface area contributed by atoms with Gasteiger partial charge in [0.2, 0.25) is 0 Å². The summed E-state index contributed by atoms with van der Waals surface area (Å²) in [5, 5.41) is 4.02. The third kappa shape index (κ3) is 5.83. The fraction of sp³-hybridized carbons (Fsp3) is 0.667. The lowest BCUT2D eigenvalue weighted by Gasteiger charge is -2.37. The SMILES string of the molecule is CCNC(=NCCc1cc(Cl)c2c(c1)OCCO2)N1CCOC(C2CCCO2)C1.I. The molecule has 0 bridgehead atoms. The lowest BCUT2D eigenvalue weighted by Crippen LogP contribution is -2.53. The van der Waals surface area contributed by atoms with E-state index in [1.807, 2.05) is 12.1 Å². The Hall–Kier alpha value is -0.970. The summed E-state index contributed by atoms with van der Waals surface area (Å²) in [7, 11) is 0. The first kappa shape index (κ1) is 23.7. The standard InChI is InChI=1S/C21H30ClN3O4.HI/c1-2-23-21(25-7-9-27-19(14-25)17-4-3-8-26-17)24-6-5-15-12-16(22)20-18(13-15)28-10-11-29-20;/h12-13,17,19H,2-11,14H2,1H3,(H,23,24);1H. The van der Waals surface area contributed by atoms with Gasteiger partial charge in [-0.2, -0.15) is 0 Å². The van der Waals surface area contributed by atoms with Crippen LogP contribution in [0.4, 0.5) is 0 Å². The van der Waals surface area contributed by atoms with Crippen molar-refractivity contribution in [1.82, 2.24) is 10.2 Å². The lowest BCUT2D eigenvalue weighted by molar-refractivity contribution is -0.0817. The summed E-state index contributed by atoms with van der Waals surface area (Å²) in [5.41, 5.74) is 1.10. The second-order valence-electron chi connectivity index (χ2n) is 7.49. The van der Waals surface area contributed by atoms with Crippen LogP contribution in [0.15, 0.2) is 17.1 Å². The first-order valence-corrected chi connectivity index (χ1v) is 11.0. The van der Waals surface area contributed by atoms with Crippen molar-refractivity contribution in [3.63, 3.8) is 0 Å². The second kappa shape index (κ2) is 11.6. The Bertz CT molecular complexity index is 730. The molecule has 2 atom stereocenters. The van der Waals surface area contributed by atoms with Crippen molar-refractivity contribution in [3.05, 3.63) is 22.7 Å². The third-order valence-electron chi connectivity index (χ3n) is 5.43. The van der Waals surface area contributed by atoms with Gasteiger partial charge in [0.05, 0.1) is 17.7 Å². The van der Waals surface area contributed by atoms with Gasteiger partial charge in [0, 0.05) is 32.8 Å². The van der Waals surface area contributed by atoms with Crippen LogP contribution < -0.4 is 14.8 Å². The number of aliphatic imine (C=N–C) groups is 1. The van der Waals surface area contributed by atoms with Gasteiger partial charge in [-0.3, -0.25) is 4.99 Å². The minimum absolute atomic E-state index is 0. The molecule has 1 N–H and O–H groups in total. The number of hydrogen-bond acceptors (Lipinski definition) is 5. The number of benzene rings is 1. The van der Waals surface area contributed by atoms with E-state index < -0.39 is 0 Å². The summed E-state index contributed by atoms with van der Waals surface area (Å²) < 4.78 is 23.1.